The number of likely N-dealkylation sites (N-methyl/N-ethyl adjacent to an activating group) is 1. The minimum atomic E-state index is 0.349. The lowest BCUT2D eigenvalue weighted by molar-refractivity contribution is 0.324. The SMILES string of the molecule is CN1CCCNC(c2ccc3ccccc3n2)C1. The van der Waals surface area contributed by atoms with E-state index in [-0.39, 0.29) is 0 Å². The maximum atomic E-state index is 4.79. The highest BCUT2D eigenvalue weighted by atomic mass is 15.1. The monoisotopic (exact) mass is 241 g/mol. The van der Waals surface area contributed by atoms with E-state index in [0.29, 0.717) is 6.04 Å². The number of aromatic nitrogens is 1. The predicted octanol–water partition coefficient (Wildman–Crippen LogP) is 2.20. The van der Waals surface area contributed by atoms with Gasteiger partial charge in [0.2, 0.25) is 0 Å². The second-order valence-corrected chi connectivity index (χ2v) is 5.05. The lowest BCUT2D eigenvalue weighted by Gasteiger charge is -2.20. The molecule has 1 fully saturated rings. The zero-order chi connectivity index (χ0) is 12.4. The van der Waals surface area contributed by atoms with Gasteiger partial charge in [0, 0.05) is 11.9 Å². The maximum absolute atomic E-state index is 4.79. The van der Waals surface area contributed by atoms with Crippen molar-refractivity contribution >= 4 is 10.9 Å². The van der Waals surface area contributed by atoms with Crippen molar-refractivity contribution in [2.75, 3.05) is 26.7 Å². The van der Waals surface area contributed by atoms with Crippen LogP contribution in [-0.4, -0.2) is 36.6 Å². The van der Waals surface area contributed by atoms with Crippen molar-refractivity contribution in [1.29, 1.82) is 0 Å². The number of nitrogens with zero attached hydrogens (tertiary/aromatic N) is 2. The van der Waals surface area contributed by atoms with Crippen molar-refractivity contribution < 1.29 is 0 Å². The Kier molecular flexibility index (Phi) is 3.26. The molecule has 94 valence electrons. The second-order valence-electron chi connectivity index (χ2n) is 5.05. The van der Waals surface area contributed by atoms with Crippen molar-refractivity contribution in [3.05, 3.63) is 42.1 Å². The van der Waals surface area contributed by atoms with Gasteiger partial charge < -0.3 is 10.2 Å². The van der Waals surface area contributed by atoms with Gasteiger partial charge in [-0.2, -0.15) is 0 Å². The standard InChI is InChI=1S/C15H19N3/c1-18-10-4-9-16-15(11-18)14-8-7-12-5-2-3-6-13(12)17-14/h2-3,5-8,15-16H,4,9-11H2,1H3. The summed E-state index contributed by atoms with van der Waals surface area (Å²) in [6.45, 7) is 3.27. The van der Waals surface area contributed by atoms with Gasteiger partial charge in [0.25, 0.3) is 0 Å². The molecule has 2 aromatic rings. The summed E-state index contributed by atoms with van der Waals surface area (Å²) in [6, 6.07) is 13.0. The van der Waals surface area contributed by atoms with Crippen LogP contribution in [0.4, 0.5) is 0 Å². The van der Waals surface area contributed by atoms with E-state index in [1.165, 1.54) is 11.8 Å². The topological polar surface area (TPSA) is 28.2 Å². The van der Waals surface area contributed by atoms with Crippen LogP contribution >= 0.6 is 0 Å². The molecule has 0 spiro atoms. The first-order chi connectivity index (χ1) is 8.83. The van der Waals surface area contributed by atoms with Gasteiger partial charge in [-0.15, -0.1) is 0 Å². The fourth-order valence-corrected chi connectivity index (χ4v) is 2.57. The number of pyridine rings is 1. The third kappa shape index (κ3) is 2.37. The summed E-state index contributed by atoms with van der Waals surface area (Å²) in [5.41, 5.74) is 2.24. The summed E-state index contributed by atoms with van der Waals surface area (Å²) in [5.74, 6) is 0. The van der Waals surface area contributed by atoms with Crippen molar-refractivity contribution in [1.82, 2.24) is 15.2 Å². The lowest BCUT2D eigenvalue weighted by Crippen LogP contribution is -2.29. The Morgan fingerprint density at radius 2 is 2.11 bits per heavy atom. The second kappa shape index (κ2) is 5.04. The molecule has 18 heavy (non-hydrogen) atoms. The molecule has 1 aliphatic heterocycles. The van der Waals surface area contributed by atoms with Crippen LogP contribution < -0.4 is 5.32 Å². The Hall–Kier alpha value is -1.45. The van der Waals surface area contributed by atoms with Gasteiger partial charge in [0.1, 0.15) is 0 Å². The Bertz CT molecular complexity index is 538. The van der Waals surface area contributed by atoms with E-state index in [9.17, 15) is 0 Å². The predicted molar refractivity (Wildman–Crippen MR) is 74.6 cm³/mol. The first-order valence-electron chi connectivity index (χ1n) is 6.60. The molecule has 1 unspecified atom stereocenters. The summed E-state index contributed by atoms with van der Waals surface area (Å²) in [6.07, 6.45) is 1.21. The molecule has 1 aliphatic rings. The number of benzene rings is 1. The highest BCUT2D eigenvalue weighted by Crippen LogP contribution is 2.18. The number of para-hydroxylation sites is 1. The van der Waals surface area contributed by atoms with Crippen molar-refractivity contribution in [3.8, 4) is 0 Å². The van der Waals surface area contributed by atoms with Gasteiger partial charge in [-0.3, -0.25) is 4.98 Å². The molecule has 3 heteroatoms. The van der Waals surface area contributed by atoms with E-state index in [1.54, 1.807) is 0 Å². The first-order valence-corrected chi connectivity index (χ1v) is 6.60. The largest absolute Gasteiger partial charge is 0.308 e. The van der Waals surface area contributed by atoms with Crippen molar-refractivity contribution in [2.45, 2.75) is 12.5 Å². The van der Waals surface area contributed by atoms with Crippen LogP contribution in [0.15, 0.2) is 36.4 Å². The van der Waals surface area contributed by atoms with Crippen LogP contribution in [0.5, 0.6) is 0 Å². The quantitative estimate of drug-likeness (QED) is 0.829. The molecule has 3 rings (SSSR count). The Balaban J connectivity index is 1.92. The van der Waals surface area contributed by atoms with E-state index in [2.05, 4.69) is 47.6 Å². The van der Waals surface area contributed by atoms with Gasteiger partial charge in [-0.25, -0.2) is 0 Å². The molecule has 1 aromatic heterocycles. The molecule has 1 atom stereocenters. The fourth-order valence-electron chi connectivity index (χ4n) is 2.57. The normalized spacial score (nSPS) is 21.9. The molecule has 0 saturated carbocycles. The van der Waals surface area contributed by atoms with E-state index < -0.39 is 0 Å². The molecular formula is C15H19N3. The van der Waals surface area contributed by atoms with Crippen LogP contribution in [0.25, 0.3) is 10.9 Å². The summed E-state index contributed by atoms with van der Waals surface area (Å²) in [5, 5.41) is 4.80. The number of rotatable bonds is 1. The van der Waals surface area contributed by atoms with Crippen LogP contribution in [-0.2, 0) is 0 Å². The highest BCUT2D eigenvalue weighted by Gasteiger charge is 2.17. The molecule has 1 N–H and O–H groups in total. The zero-order valence-corrected chi connectivity index (χ0v) is 10.8. The number of fused-ring (bicyclic) bond motifs is 1. The van der Waals surface area contributed by atoms with E-state index in [1.807, 2.05) is 6.07 Å². The van der Waals surface area contributed by atoms with Crippen LogP contribution in [0.2, 0.25) is 0 Å². The molecule has 0 aliphatic carbocycles. The van der Waals surface area contributed by atoms with Gasteiger partial charge in [-0.05, 0) is 38.7 Å². The number of hydrogen-bond acceptors (Lipinski definition) is 3. The van der Waals surface area contributed by atoms with E-state index in [4.69, 9.17) is 4.98 Å². The molecule has 3 nitrogen and oxygen atoms in total. The third-order valence-corrected chi connectivity index (χ3v) is 3.58. The minimum absolute atomic E-state index is 0.349. The Morgan fingerprint density at radius 1 is 1.22 bits per heavy atom. The summed E-state index contributed by atoms with van der Waals surface area (Å²) in [7, 11) is 2.18. The van der Waals surface area contributed by atoms with Gasteiger partial charge >= 0.3 is 0 Å². The molecular weight excluding hydrogens is 222 g/mol. The van der Waals surface area contributed by atoms with E-state index in [0.717, 1.165) is 30.8 Å². The molecule has 1 saturated heterocycles. The average molecular weight is 241 g/mol. The summed E-state index contributed by atoms with van der Waals surface area (Å²) >= 11 is 0. The maximum Gasteiger partial charge on any atom is 0.0706 e. The Morgan fingerprint density at radius 3 is 3.06 bits per heavy atom. The zero-order valence-electron chi connectivity index (χ0n) is 10.8. The fraction of sp³-hybridized carbons (Fsp3) is 0.400. The smallest absolute Gasteiger partial charge is 0.0706 e. The van der Waals surface area contributed by atoms with Crippen molar-refractivity contribution in [3.63, 3.8) is 0 Å². The molecule has 2 heterocycles. The van der Waals surface area contributed by atoms with Crippen LogP contribution in [0, 0.1) is 0 Å². The molecule has 0 bridgehead atoms. The molecule has 0 amide bonds. The van der Waals surface area contributed by atoms with Gasteiger partial charge in [0.05, 0.1) is 17.3 Å². The average Bonchev–Trinajstić information content (AvgIpc) is 2.63. The summed E-state index contributed by atoms with van der Waals surface area (Å²) < 4.78 is 0. The van der Waals surface area contributed by atoms with Crippen LogP contribution in [0.1, 0.15) is 18.2 Å². The molecule has 0 radical (unpaired) electrons. The summed E-state index contributed by atoms with van der Waals surface area (Å²) in [4.78, 5) is 7.16. The van der Waals surface area contributed by atoms with Crippen LogP contribution in [0.3, 0.4) is 0 Å². The third-order valence-electron chi connectivity index (χ3n) is 3.58. The number of hydrogen-bond donors (Lipinski definition) is 1. The van der Waals surface area contributed by atoms with E-state index >= 15 is 0 Å². The molecule has 1 aromatic carbocycles. The van der Waals surface area contributed by atoms with Crippen molar-refractivity contribution in [2.24, 2.45) is 0 Å². The minimum Gasteiger partial charge on any atom is -0.308 e. The highest BCUT2D eigenvalue weighted by molar-refractivity contribution is 5.78. The van der Waals surface area contributed by atoms with Gasteiger partial charge in [-0.1, -0.05) is 24.3 Å². The lowest BCUT2D eigenvalue weighted by atomic mass is 10.1. The Labute approximate surface area is 108 Å². The first kappa shape index (κ1) is 11.6. The van der Waals surface area contributed by atoms with Gasteiger partial charge in [0.15, 0.2) is 0 Å². The number of nitrogens with one attached hydrogen (secondary N) is 1.